The second-order valence-electron chi connectivity index (χ2n) is 18.3. The Morgan fingerprint density at radius 2 is 0.849 bits per heavy atom. The molecule has 2 aliphatic rings. The van der Waals surface area contributed by atoms with Gasteiger partial charge in [0.1, 0.15) is 5.75 Å². The van der Waals surface area contributed by atoms with E-state index in [-0.39, 0.29) is 0 Å². The number of ether oxygens (including phenoxy) is 2. The normalized spacial score (nSPS) is 14.5. The number of hydrogen-bond acceptors (Lipinski definition) is 10. The first-order chi connectivity index (χ1) is 36.1. The van der Waals surface area contributed by atoms with Crippen LogP contribution in [0.4, 0.5) is 34.1 Å². The Bertz CT molecular complexity index is 3910. The zero-order valence-electron chi connectivity index (χ0n) is 39.2. The van der Waals surface area contributed by atoms with E-state index in [9.17, 15) is 0 Å². The van der Waals surface area contributed by atoms with Crippen molar-refractivity contribution >= 4 is 55.7 Å². The summed E-state index contributed by atoms with van der Waals surface area (Å²) < 4.78 is 28.3. The second kappa shape index (κ2) is 17.3. The highest BCUT2D eigenvalue weighted by Gasteiger charge is 2.46. The van der Waals surface area contributed by atoms with Crippen molar-refractivity contribution in [1.82, 2.24) is 20.4 Å². The minimum absolute atomic E-state index is 0.338. The Balaban J connectivity index is 0.991. The molecule has 1 spiro atoms. The lowest BCUT2D eigenvalue weighted by molar-refractivity contribution is -0.118. The highest BCUT2D eigenvalue weighted by Crippen LogP contribution is 2.55. The van der Waals surface area contributed by atoms with E-state index >= 15 is 0 Å². The third kappa shape index (κ3) is 7.43. The molecule has 1 aliphatic carbocycles. The van der Waals surface area contributed by atoms with Crippen LogP contribution in [0.25, 0.3) is 67.4 Å². The molecule has 0 saturated heterocycles. The van der Waals surface area contributed by atoms with Gasteiger partial charge in [-0.05, 0) is 130 Å². The minimum atomic E-state index is -1.29. The van der Waals surface area contributed by atoms with Crippen molar-refractivity contribution in [2.75, 3.05) is 9.80 Å². The number of hydrogen-bond donors (Lipinski definition) is 0. The van der Waals surface area contributed by atoms with Crippen LogP contribution in [0.5, 0.6) is 11.5 Å². The zero-order chi connectivity index (χ0) is 48.3. The SMILES string of the molecule is c1ccc(-c2nnc(-c3cc4c5c(c(-c6nnc(-c7ccccc7)o6)ccc5c3)C[C@]3(C4)Oc4cc(N(c5ccccc5)c5ccccc5)cc5ccc(N(c6ccccc6)c6ccccc6)c(c45)O3)o2)cc1. The molecule has 12 aromatic rings. The summed E-state index contributed by atoms with van der Waals surface area (Å²) in [5.74, 6) is 1.77. The van der Waals surface area contributed by atoms with Gasteiger partial charge in [-0.1, -0.05) is 121 Å². The molecule has 0 bridgehead atoms. The van der Waals surface area contributed by atoms with Crippen molar-refractivity contribution in [2.45, 2.75) is 18.6 Å². The molecule has 1 atom stereocenters. The highest BCUT2D eigenvalue weighted by atomic mass is 16.7. The number of aromatic nitrogens is 4. The third-order valence-electron chi connectivity index (χ3n) is 13.7. The summed E-state index contributed by atoms with van der Waals surface area (Å²) in [6.45, 7) is 0. The van der Waals surface area contributed by atoms with Crippen LogP contribution >= 0.6 is 0 Å². The smallest absolute Gasteiger partial charge is 0.259 e. The van der Waals surface area contributed by atoms with Crippen molar-refractivity contribution in [2.24, 2.45) is 0 Å². The summed E-state index contributed by atoms with van der Waals surface area (Å²) in [6.07, 6.45) is 0.703. The van der Waals surface area contributed by atoms with E-state index < -0.39 is 5.79 Å². The van der Waals surface area contributed by atoms with Gasteiger partial charge in [-0.3, -0.25) is 0 Å². The summed E-state index contributed by atoms with van der Waals surface area (Å²) >= 11 is 0. The Morgan fingerprint density at radius 3 is 1.42 bits per heavy atom. The van der Waals surface area contributed by atoms with Crippen LogP contribution < -0.4 is 19.3 Å². The largest absolute Gasteiger partial charge is 0.451 e. The van der Waals surface area contributed by atoms with Crippen molar-refractivity contribution in [3.05, 3.63) is 242 Å². The van der Waals surface area contributed by atoms with Crippen LogP contribution in [-0.2, 0) is 12.8 Å². The number of benzene rings is 10. The van der Waals surface area contributed by atoms with Crippen LogP contribution in [0.2, 0.25) is 0 Å². The van der Waals surface area contributed by atoms with E-state index in [1.807, 2.05) is 84.9 Å². The van der Waals surface area contributed by atoms with Gasteiger partial charge in [0.15, 0.2) is 5.75 Å². The fourth-order valence-electron chi connectivity index (χ4n) is 10.6. The second-order valence-corrected chi connectivity index (χ2v) is 18.3. The fourth-order valence-corrected chi connectivity index (χ4v) is 10.6. The Kier molecular flexibility index (Phi) is 9.95. The van der Waals surface area contributed by atoms with E-state index in [0.717, 1.165) is 89.0 Å². The quantitative estimate of drug-likeness (QED) is 0.132. The zero-order valence-corrected chi connectivity index (χ0v) is 39.2. The monoisotopic (exact) mass is 946 g/mol. The maximum atomic E-state index is 7.72. The molecule has 0 radical (unpaired) electrons. The maximum absolute atomic E-state index is 7.72. The van der Waals surface area contributed by atoms with Crippen LogP contribution in [0.1, 0.15) is 11.1 Å². The van der Waals surface area contributed by atoms with Crippen LogP contribution in [0.3, 0.4) is 0 Å². The first-order valence-electron chi connectivity index (χ1n) is 24.3. The van der Waals surface area contributed by atoms with E-state index in [4.69, 9.17) is 18.3 Å². The Labute approximate surface area is 420 Å². The van der Waals surface area contributed by atoms with Crippen LogP contribution in [0.15, 0.2) is 239 Å². The van der Waals surface area contributed by atoms with E-state index in [1.165, 1.54) is 0 Å². The van der Waals surface area contributed by atoms with Gasteiger partial charge < -0.3 is 28.1 Å². The van der Waals surface area contributed by atoms with Gasteiger partial charge in [-0.25, -0.2) is 0 Å². The Morgan fingerprint density at radius 1 is 0.370 bits per heavy atom. The molecule has 14 rings (SSSR count). The molecule has 0 unspecified atom stereocenters. The predicted octanol–water partition coefficient (Wildman–Crippen LogP) is 15.6. The average Bonchev–Trinajstić information content (AvgIpc) is 4.16. The van der Waals surface area contributed by atoms with Gasteiger partial charge in [-0.15, -0.1) is 20.4 Å². The maximum Gasteiger partial charge on any atom is 0.259 e. The van der Waals surface area contributed by atoms with Gasteiger partial charge in [0.05, 0.1) is 29.6 Å². The third-order valence-corrected chi connectivity index (χ3v) is 13.7. The highest BCUT2D eigenvalue weighted by molar-refractivity contribution is 6.04. The van der Waals surface area contributed by atoms with E-state index in [0.29, 0.717) is 47.9 Å². The molecule has 1 aliphatic heterocycles. The van der Waals surface area contributed by atoms with Crippen LogP contribution in [-0.4, -0.2) is 26.2 Å². The summed E-state index contributed by atoms with van der Waals surface area (Å²) in [6, 6.07) is 78.5. The molecular weight excluding hydrogens is 905 g/mol. The molecule has 10 aromatic carbocycles. The standard InChI is InChI=1S/C63H42N6O4/c1-7-19-41(20-8-1)59-64-66-61(70-59)45-35-43-31-33-52(62-67-65-60(71-62)42-21-9-2-10-22-42)53-40-63(39-46(36-45)56(43)53)72-55-38-51(68(47-23-11-3-12-24-47)48-25-13-4-14-26-48)37-44-32-34-54(58(73-63)57(44)55)69(49-27-15-5-16-28-49)50-29-17-6-18-30-50/h1-38H,39-40H2/t63-/m1/s1. The number of para-hydroxylation sites is 4. The van der Waals surface area contributed by atoms with Gasteiger partial charge in [0.2, 0.25) is 23.6 Å². The van der Waals surface area contributed by atoms with Crippen molar-refractivity contribution in [1.29, 1.82) is 0 Å². The molecule has 0 N–H and O–H groups in total. The minimum Gasteiger partial charge on any atom is -0.451 e. The lowest BCUT2D eigenvalue weighted by Crippen LogP contribution is -2.50. The molecule has 0 amide bonds. The van der Waals surface area contributed by atoms with Gasteiger partial charge in [-0.2, -0.15) is 0 Å². The fraction of sp³-hybridized carbons (Fsp3) is 0.0476. The summed E-state index contributed by atoms with van der Waals surface area (Å²) in [5, 5.41) is 22.2. The average molecular weight is 947 g/mol. The van der Waals surface area contributed by atoms with Crippen molar-refractivity contribution in [3.8, 4) is 57.3 Å². The molecule has 2 aromatic heterocycles. The topological polar surface area (TPSA) is 103 Å². The molecule has 348 valence electrons. The van der Waals surface area contributed by atoms with Crippen molar-refractivity contribution < 1.29 is 18.3 Å². The molecule has 0 fully saturated rings. The Hall–Kier alpha value is -9.80. The molecule has 0 saturated carbocycles. The molecular formula is C63H42N6O4. The molecule has 73 heavy (non-hydrogen) atoms. The number of anilines is 6. The molecule has 10 heteroatoms. The van der Waals surface area contributed by atoms with Crippen molar-refractivity contribution in [3.63, 3.8) is 0 Å². The lowest BCUT2D eigenvalue weighted by atomic mass is 9.81. The predicted molar refractivity (Wildman–Crippen MR) is 286 cm³/mol. The molecule has 3 heterocycles. The van der Waals surface area contributed by atoms with E-state index in [2.05, 4.69) is 176 Å². The summed E-state index contributed by atoms with van der Waals surface area (Å²) in [5.41, 5.74) is 11.0. The van der Waals surface area contributed by atoms with E-state index in [1.54, 1.807) is 0 Å². The van der Waals surface area contributed by atoms with Gasteiger partial charge in [0, 0.05) is 51.1 Å². The van der Waals surface area contributed by atoms with Gasteiger partial charge >= 0.3 is 0 Å². The number of rotatable bonds is 10. The van der Waals surface area contributed by atoms with Crippen LogP contribution in [0, 0.1) is 0 Å². The lowest BCUT2D eigenvalue weighted by Gasteiger charge is -2.43. The first-order valence-corrected chi connectivity index (χ1v) is 24.3. The van der Waals surface area contributed by atoms with Gasteiger partial charge in [0.25, 0.3) is 5.79 Å². The number of nitrogens with zero attached hydrogens (tertiary/aromatic N) is 6. The summed E-state index contributed by atoms with van der Waals surface area (Å²) in [4.78, 5) is 4.53. The molecule has 10 nitrogen and oxygen atoms in total. The summed E-state index contributed by atoms with van der Waals surface area (Å²) in [7, 11) is 0. The first kappa shape index (κ1) is 42.1.